The number of unbranched alkanes of at least 4 members (excludes halogenated alkanes) is 1. The fourth-order valence-electron chi connectivity index (χ4n) is 4.82. The zero-order chi connectivity index (χ0) is 27.0. The summed E-state index contributed by atoms with van der Waals surface area (Å²) >= 11 is 0. The Bertz CT molecular complexity index is 1420. The van der Waals surface area contributed by atoms with E-state index in [0.717, 1.165) is 62.0 Å². The number of hydrogen-bond donors (Lipinski definition) is 1. The maximum absolute atomic E-state index is 13.3. The van der Waals surface area contributed by atoms with Crippen molar-refractivity contribution in [2.75, 3.05) is 46.4 Å². The minimum atomic E-state index is -0.0853. The van der Waals surface area contributed by atoms with E-state index in [1.807, 2.05) is 67.6 Å². The number of aromatic nitrogens is 1. The van der Waals surface area contributed by atoms with Crippen LogP contribution in [0, 0.1) is 6.92 Å². The Labute approximate surface area is 229 Å². The number of ether oxygens (including phenoxy) is 3. The van der Waals surface area contributed by atoms with Gasteiger partial charge in [-0.3, -0.25) is 9.78 Å². The van der Waals surface area contributed by atoms with Crippen LogP contribution in [-0.2, 0) is 0 Å². The molecule has 4 aromatic rings. The van der Waals surface area contributed by atoms with Crippen LogP contribution in [0.2, 0.25) is 0 Å². The average molecular weight is 526 g/mol. The second kappa shape index (κ2) is 12.7. The molecule has 1 saturated heterocycles. The first-order valence-electron chi connectivity index (χ1n) is 13.5. The van der Waals surface area contributed by atoms with Crippen LogP contribution in [0.25, 0.3) is 10.9 Å². The van der Waals surface area contributed by atoms with Crippen molar-refractivity contribution in [2.45, 2.75) is 19.8 Å². The second-order valence-electron chi connectivity index (χ2n) is 9.77. The molecule has 0 atom stereocenters. The van der Waals surface area contributed by atoms with Gasteiger partial charge in [-0.2, -0.15) is 0 Å². The van der Waals surface area contributed by atoms with Crippen LogP contribution in [-0.4, -0.2) is 62.1 Å². The first-order chi connectivity index (χ1) is 19.1. The molecule has 3 aromatic carbocycles. The molecular weight excluding hydrogens is 490 g/mol. The van der Waals surface area contributed by atoms with Gasteiger partial charge in [0.05, 0.1) is 24.8 Å². The predicted octanol–water partition coefficient (Wildman–Crippen LogP) is 5.64. The summed E-state index contributed by atoms with van der Waals surface area (Å²) in [6.45, 7) is 8.02. The van der Waals surface area contributed by atoms with E-state index < -0.39 is 0 Å². The number of nitrogens with one attached hydrogen (secondary N) is 1. The van der Waals surface area contributed by atoms with Gasteiger partial charge in [-0.15, -0.1) is 0 Å². The van der Waals surface area contributed by atoms with Gasteiger partial charge < -0.3 is 24.4 Å². The molecule has 7 nitrogen and oxygen atoms in total. The minimum absolute atomic E-state index is 0.0853. The lowest BCUT2D eigenvalue weighted by molar-refractivity contribution is 0.103. The largest absolute Gasteiger partial charge is 0.493 e. The number of ketones is 1. The third kappa shape index (κ3) is 6.56. The van der Waals surface area contributed by atoms with E-state index in [0.29, 0.717) is 40.7 Å². The molecule has 1 aromatic heterocycles. The third-order valence-electron chi connectivity index (χ3n) is 6.96. The average Bonchev–Trinajstić information content (AvgIpc) is 2.98. The molecule has 2 heterocycles. The van der Waals surface area contributed by atoms with Gasteiger partial charge in [-0.1, -0.05) is 42.0 Å². The Morgan fingerprint density at radius 2 is 1.74 bits per heavy atom. The molecule has 0 unspecified atom stereocenters. The first-order valence-corrected chi connectivity index (χ1v) is 13.5. The first kappa shape index (κ1) is 26.7. The van der Waals surface area contributed by atoms with Gasteiger partial charge in [0.15, 0.2) is 17.3 Å². The fraction of sp³-hybridized carbons (Fsp3) is 0.312. The van der Waals surface area contributed by atoms with Crippen LogP contribution in [0.15, 0.2) is 72.9 Å². The van der Waals surface area contributed by atoms with Gasteiger partial charge in [0.25, 0.3) is 0 Å². The van der Waals surface area contributed by atoms with Crippen molar-refractivity contribution in [2.24, 2.45) is 0 Å². The van der Waals surface area contributed by atoms with Crippen molar-refractivity contribution in [3.8, 4) is 23.0 Å². The molecule has 1 N–H and O–H groups in total. The number of aryl methyl sites for hydroxylation is 1. The van der Waals surface area contributed by atoms with E-state index in [1.54, 1.807) is 19.4 Å². The van der Waals surface area contributed by atoms with Gasteiger partial charge in [0, 0.05) is 49.4 Å². The van der Waals surface area contributed by atoms with Crippen molar-refractivity contribution in [3.63, 3.8) is 0 Å². The quantitative estimate of drug-likeness (QED) is 0.201. The van der Waals surface area contributed by atoms with Crippen LogP contribution in [0.1, 0.15) is 34.3 Å². The van der Waals surface area contributed by atoms with E-state index in [-0.39, 0.29) is 5.78 Å². The number of hydrogen-bond acceptors (Lipinski definition) is 7. The van der Waals surface area contributed by atoms with Gasteiger partial charge in [-0.05, 0) is 50.6 Å². The highest BCUT2D eigenvalue weighted by Crippen LogP contribution is 2.38. The number of piperazine rings is 1. The van der Waals surface area contributed by atoms with E-state index in [2.05, 4.69) is 15.2 Å². The molecule has 1 fully saturated rings. The number of carbonyl (C=O) groups is 1. The summed E-state index contributed by atoms with van der Waals surface area (Å²) in [5, 5.41) is 4.17. The zero-order valence-electron chi connectivity index (χ0n) is 22.6. The number of fused-ring (bicyclic) bond motifs is 1. The van der Waals surface area contributed by atoms with Crippen molar-refractivity contribution in [1.82, 2.24) is 15.2 Å². The number of carbonyl (C=O) groups excluding carboxylic acids is 1. The summed E-state index contributed by atoms with van der Waals surface area (Å²) < 4.78 is 18.1. The molecule has 5 rings (SSSR count). The lowest BCUT2D eigenvalue weighted by Gasteiger charge is -2.27. The molecule has 0 saturated carbocycles. The molecule has 0 bridgehead atoms. The molecular formula is C32H35N3O4. The van der Waals surface area contributed by atoms with Gasteiger partial charge in [0.1, 0.15) is 11.5 Å². The van der Waals surface area contributed by atoms with Gasteiger partial charge >= 0.3 is 0 Å². The second-order valence-corrected chi connectivity index (χ2v) is 9.77. The number of rotatable bonds is 11. The lowest BCUT2D eigenvalue weighted by Crippen LogP contribution is -2.43. The normalized spacial score (nSPS) is 13.8. The molecule has 0 aliphatic carbocycles. The maximum atomic E-state index is 13.3. The van der Waals surface area contributed by atoms with Crippen molar-refractivity contribution in [1.29, 1.82) is 0 Å². The highest BCUT2D eigenvalue weighted by atomic mass is 16.5. The zero-order valence-corrected chi connectivity index (χ0v) is 22.6. The summed E-state index contributed by atoms with van der Waals surface area (Å²) in [6.07, 6.45) is 3.76. The van der Waals surface area contributed by atoms with Crippen molar-refractivity contribution < 1.29 is 19.0 Å². The predicted molar refractivity (Wildman–Crippen MR) is 153 cm³/mol. The van der Waals surface area contributed by atoms with Crippen LogP contribution >= 0.6 is 0 Å². The van der Waals surface area contributed by atoms with Crippen molar-refractivity contribution in [3.05, 3.63) is 89.6 Å². The summed E-state index contributed by atoms with van der Waals surface area (Å²) in [5.41, 5.74) is 2.84. The van der Waals surface area contributed by atoms with E-state index in [1.165, 1.54) is 0 Å². The highest BCUT2D eigenvalue weighted by Gasteiger charge is 2.18. The van der Waals surface area contributed by atoms with Crippen LogP contribution in [0.5, 0.6) is 23.0 Å². The van der Waals surface area contributed by atoms with Crippen molar-refractivity contribution >= 4 is 16.7 Å². The lowest BCUT2D eigenvalue weighted by atomic mass is 10.0. The smallest absolute Gasteiger partial charge is 0.196 e. The molecule has 0 radical (unpaired) electrons. The summed E-state index contributed by atoms with van der Waals surface area (Å²) in [5.74, 6) is 2.27. The Balaban J connectivity index is 1.33. The molecule has 0 amide bonds. The number of methoxy groups -OCH3 is 1. The molecule has 1 aliphatic rings. The molecule has 202 valence electrons. The minimum Gasteiger partial charge on any atom is -0.493 e. The summed E-state index contributed by atoms with van der Waals surface area (Å²) in [4.78, 5) is 20.4. The maximum Gasteiger partial charge on any atom is 0.196 e. The van der Waals surface area contributed by atoms with E-state index in [4.69, 9.17) is 14.2 Å². The number of benzene rings is 3. The number of pyridine rings is 1. The van der Waals surface area contributed by atoms with Gasteiger partial charge in [0.2, 0.25) is 0 Å². The number of nitrogens with zero attached hydrogens (tertiary/aromatic N) is 2. The summed E-state index contributed by atoms with van der Waals surface area (Å²) in [6, 6.07) is 20.5. The Morgan fingerprint density at radius 3 is 2.54 bits per heavy atom. The molecule has 1 aliphatic heterocycles. The third-order valence-corrected chi connectivity index (χ3v) is 6.96. The molecule has 7 heteroatoms. The highest BCUT2D eigenvalue weighted by molar-refractivity contribution is 6.11. The van der Waals surface area contributed by atoms with Gasteiger partial charge in [-0.25, -0.2) is 0 Å². The van der Waals surface area contributed by atoms with Crippen LogP contribution in [0.4, 0.5) is 0 Å². The monoisotopic (exact) mass is 525 g/mol. The Kier molecular flexibility index (Phi) is 8.71. The van der Waals surface area contributed by atoms with Crippen LogP contribution in [0.3, 0.4) is 0 Å². The van der Waals surface area contributed by atoms with Crippen LogP contribution < -0.4 is 19.5 Å². The van der Waals surface area contributed by atoms with E-state index >= 15 is 0 Å². The summed E-state index contributed by atoms with van der Waals surface area (Å²) in [7, 11) is 1.63. The van der Waals surface area contributed by atoms with E-state index in [9.17, 15) is 4.79 Å². The SMILES string of the molecule is COc1cc2c(Oc3ccc(C)cc3C(=O)c3ccccc3)ccnc2cc1OCCCCN1CCNCC1. The molecule has 0 spiro atoms. The standard InChI is InChI=1S/C32H35N3O4/c1-23-10-11-28(26(20-23)32(36)24-8-4-3-5-9-24)39-29-12-13-34-27-22-31(30(37-2)21-25(27)29)38-19-7-6-16-35-17-14-33-15-18-35/h3-5,8-13,20-22,33H,6-7,14-19H2,1-2H3. The topological polar surface area (TPSA) is 72.9 Å². The molecule has 39 heavy (non-hydrogen) atoms. The Morgan fingerprint density at radius 1 is 0.923 bits per heavy atom. The fourth-order valence-corrected chi connectivity index (χ4v) is 4.82. The Hall–Kier alpha value is -3.94.